The van der Waals surface area contributed by atoms with Crippen LogP contribution in [0.15, 0.2) is 24.3 Å². The van der Waals surface area contributed by atoms with Gasteiger partial charge in [-0.25, -0.2) is 0 Å². The zero-order valence-corrected chi connectivity index (χ0v) is 15.3. The highest BCUT2D eigenvalue weighted by Gasteiger charge is 2.17. The second-order valence-corrected chi connectivity index (χ2v) is 6.75. The van der Waals surface area contributed by atoms with Crippen molar-refractivity contribution in [2.45, 2.75) is 20.8 Å². The van der Waals surface area contributed by atoms with Crippen molar-refractivity contribution in [3.8, 4) is 5.75 Å². The van der Waals surface area contributed by atoms with Crippen LogP contribution in [0.5, 0.6) is 5.75 Å². The maximum atomic E-state index is 11.9. The molecule has 1 saturated heterocycles. The molecule has 1 fully saturated rings. The maximum Gasteiger partial charge on any atom is 0.257 e. The molecule has 24 heavy (non-hydrogen) atoms. The molecule has 0 bridgehead atoms. The average molecular weight is 333 g/mol. The Kier molecular flexibility index (Phi) is 7.53. The lowest BCUT2D eigenvalue weighted by atomic mass is 10.1. The van der Waals surface area contributed by atoms with Crippen LogP contribution in [0.3, 0.4) is 0 Å². The fraction of sp³-hybridized carbons (Fsp3) is 0.632. The predicted octanol–water partition coefficient (Wildman–Crippen LogP) is 1.76. The Hall–Kier alpha value is -1.59. The van der Waals surface area contributed by atoms with E-state index in [0.717, 1.165) is 45.0 Å². The molecule has 1 aromatic rings. The number of benzene rings is 1. The van der Waals surface area contributed by atoms with E-state index in [2.05, 4.69) is 29.0 Å². The number of piperazine rings is 1. The van der Waals surface area contributed by atoms with Crippen LogP contribution in [0.4, 0.5) is 0 Å². The van der Waals surface area contributed by atoms with E-state index in [-0.39, 0.29) is 12.5 Å². The lowest BCUT2D eigenvalue weighted by Gasteiger charge is -2.35. The minimum absolute atomic E-state index is 0.0572. The molecule has 2 rings (SSSR count). The van der Waals surface area contributed by atoms with Gasteiger partial charge in [-0.05, 0) is 31.5 Å². The maximum absolute atomic E-state index is 11.9. The van der Waals surface area contributed by atoms with Gasteiger partial charge in [-0.3, -0.25) is 4.79 Å². The van der Waals surface area contributed by atoms with Crippen molar-refractivity contribution in [1.29, 1.82) is 0 Å². The third kappa shape index (κ3) is 6.49. The highest BCUT2D eigenvalue weighted by Crippen LogP contribution is 2.11. The zero-order valence-electron chi connectivity index (χ0n) is 15.3. The minimum Gasteiger partial charge on any atom is -0.484 e. The van der Waals surface area contributed by atoms with Gasteiger partial charge in [0, 0.05) is 39.3 Å². The highest BCUT2D eigenvalue weighted by atomic mass is 16.5. The summed E-state index contributed by atoms with van der Waals surface area (Å²) in [5.41, 5.74) is 1.18. The summed E-state index contributed by atoms with van der Waals surface area (Å²) in [5.74, 6) is 1.12. The van der Waals surface area contributed by atoms with Crippen LogP contribution < -0.4 is 10.1 Å². The molecule has 1 aromatic carbocycles. The van der Waals surface area contributed by atoms with Gasteiger partial charge in [-0.1, -0.05) is 31.5 Å². The van der Waals surface area contributed by atoms with Crippen LogP contribution in [-0.2, 0) is 4.79 Å². The monoisotopic (exact) mass is 333 g/mol. The smallest absolute Gasteiger partial charge is 0.257 e. The summed E-state index contributed by atoms with van der Waals surface area (Å²) in [5, 5.41) is 2.97. The minimum atomic E-state index is -0.0572. The van der Waals surface area contributed by atoms with E-state index >= 15 is 0 Å². The molecule has 0 aromatic heterocycles. The standard InChI is InChI=1S/C19H31N3O2/c1-4-21-9-11-22(12-10-21)14-17(3)13-20-19(23)15-24-18-7-5-16(2)6-8-18/h5-8,17H,4,9-15H2,1-3H3,(H,20,23)/t17-/m1/s1. The Morgan fingerprint density at radius 3 is 2.42 bits per heavy atom. The van der Waals surface area contributed by atoms with Crippen LogP contribution in [0.2, 0.25) is 0 Å². The summed E-state index contributed by atoms with van der Waals surface area (Å²) in [6, 6.07) is 7.74. The molecule has 5 heteroatoms. The third-order valence-electron chi connectivity index (χ3n) is 4.52. The van der Waals surface area contributed by atoms with E-state index in [1.54, 1.807) is 0 Å². The molecule has 0 unspecified atom stereocenters. The predicted molar refractivity (Wildman–Crippen MR) is 97.4 cm³/mol. The van der Waals surface area contributed by atoms with E-state index in [1.807, 2.05) is 31.2 Å². The number of likely N-dealkylation sites (N-methyl/N-ethyl adjacent to an activating group) is 1. The first kappa shape index (κ1) is 18.7. The van der Waals surface area contributed by atoms with Crippen molar-refractivity contribution < 1.29 is 9.53 Å². The number of carbonyl (C=O) groups is 1. The van der Waals surface area contributed by atoms with Gasteiger partial charge >= 0.3 is 0 Å². The molecule has 1 N–H and O–H groups in total. The van der Waals surface area contributed by atoms with Crippen molar-refractivity contribution in [3.05, 3.63) is 29.8 Å². The van der Waals surface area contributed by atoms with Crippen LogP contribution in [0.1, 0.15) is 19.4 Å². The van der Waals surface area contributed by atoms with E-state index in [1.165, 1.54) is 5.56 Å². The van der Waals surface area contributed by atoms with Crippen LogP contribution >= 0.6 is 0 Å². The van der Waals surface area contributed by atoms with Crippen LogP contribution in [-0.4, -0.2) is 68.1 Å². The largest absolute Gasteiger partial charge is 0.484 e. The van der Waals surface area contributed by atoms with Gasteiger partial charge < -0.3 is 19.9 Å². The molecule has 1 aliphatic rings. The highest BCUT2D eigenvalue weighted by molar-refractivity contribution is 5.77. The summed E-state index contributed by atoms with van der Waals surface area (Å²) in [6.07, 6.45) is 0. The number of nitrogens with zero attached hydrogens (tertiary/aromatic N) is 2. The number of hydrogen-bond donors (Lipinski definition) is 1. The summed E-state index contributed by atoms with van der Waals surface area (Å²) in [4.78, 5) is 16.9. The number of amides is 1. The third-order valence-corrected chi connectivity index (χ3v) is 4.52. The Morgan fingerprint density at radius 2 is 1.79 bits per heavy atom. The number of nitrogens with one attached hydrogen (secondary N) is 1. The normalized spacial score (nSPS) is 17.5. The number of hydrogen-bond acceptors (Lipinski definition) is 4. The Bertz CT molecular complexity index is 496. The van der Waals surface area contributed by atoms with Crippen LogP contribution in [0.25, 0.3) is 0 Å². The fourth-order valence-electron chi connectivity index (χ4n) is 2.92. The van der Waals surface area contributed by atoms with Gasteiger partial charge in [0.1, 0.15) is 5.75 Å². The molecule has 1 atom stereocenters. The fourth-order valence-corrected chi connectivity index (χ4v) is 2.92. The molecule has 0 spiro atoms. The molecule has 1 aliphatic heterocycles. The van der Waals surface area contributed by atoms with E-state index in [9.17, 15) is 4.79 Å². The first-order valence-corrected chi connectivity index (χ1v) is 8.97. The topological polar surface area (TPSA) is 44.8 Å². The Balaban J connectivity index is 1.60. The molecule has 1 heterocycles. The Labute approximate surface area is 146 Å². The first-order chi connectivity index (χ1) is 11.6. The van der Waals surface area contributed by atoms with Gasteiger partial charge in [-0.15, -0.1) is 0 Å². The summed E-state index contributed by atoms with van der Waals surface area (Å²) in [6.45, 7) is 13.9. The summed E-state index contributed by atoms with van der Waals surface area (Å²) < 4.78 is 5.50. The molecule has 134 valence electrons. The van der Waals surface area contributed by atoms with E-state index in [4.69, 9.17) is 4.74 Å². The van der Waals surface area contributed by atoms with Crippen molar-refractivity contribution in [3.63, 3.8) is 0 Å². The lowest BCUT2D eigenvalue weighted by Crippen LogP contribution is -2.48. The van der Waals surface area contributed by atoms with Gasteiger partial charge in [0.2, 0.25) is 0 Å². The molecular formula is C19H31N3O2. The molecular weight excluding hydrogens is 302 g/mol. The van der Waals surface area contributed by atoms with Gasteiger partial charge in [0.05, 0.1) is 0 Å². The molecule has 0 aliphatic carbocycles. The molecule has 1 amide bonds. The zero-order chi connectivity index (χ0) is 17.4. The first-order valence-electron chi connectivity index (χ1n) is 8.97. The van der Waals surface area contributed by atoms with E-state index < -0.39 is 0 Å². The summed E-state index contributed by atoms with van der Waals surface area (Å²) in [7, 11) is 0. The van der Waals surface area contributed by atoms with Crippen molar-refractivity contribution >= 4 is 5.91 Å². The number of rotatable bonds is 8. The average Bonchev–Trinajstić information content (AvgIpc) is 2.60. The van der Waals surface area contributed by atoms with Crippen LogP contribution in [0, 0.1) is 12.8 Å². The molecule has 5 nitrogen and oxygen atoms in total. The van der Waals surface area contributed by atoms with E-state index in [0.29, 0.717) is 12.5 Å². The Morgan fingerprint density at radius 1 is 1.17 bits per heavy atom. The number of carbonyl (C=O) groups excluding carboxylic acids is 1. The van der Waals surface area contributed by atoms with Crippen molar-refractivity contribution in [1.82, 2.24) is 15.1 Å². The second-order valence-electron chi connectivity index (χ2n) is 6.75. The van der Waals surface area contributed by atoms with Gasteiger partial charge in [-0.2, -0.15) is 0 Å². The SMILES string of the molecule is CCN1CCN(C[C@H](C)CNC(=O)COc2ccc(C)cc2)CC1. The molecule has 0 radical (unpaired) electrons. The molecule has 0 saturated carbocycles. The summed E-state index contributed by atoms with van der Waals surface area (Å²) >= 11 is 0. The number of aryl methyl sites for hydroxylation is 1. The van der Waals surface area contributed by atoms with Crippen molar-refractivity contribution in [2.75, 3.05) is 52.4 Å². The quantitative estimate of drug-likeness (QED) is 0.787. The van der Waals surface area contributed by atoms with Gasteiger partial charge in [0.15, 0.2) is 6.61 Å². The number of ether oxygens (including phenoxy) is 1. The van der Waals surface area contributed by atoms with Crippen molar-refractivity contribution in [2.24, 2.45) is 5.92 Å². The second kappa shape index (κ2) is 9.64. The van der Waals surface area contributed by atoms with Gasteiger partial charge in [0.25, 0.3) is 5.91 Å². The lowest BCUT2D eigenvalue weighted by molar-refractivity contribution is -0.123.